The van der Waals surface area contributed by atoms with Crippen LogP contribution in [-0.4, -0.2) is 52.8 Å². The first-order chi connectivity index (χ1) is 13.0. The number of aromatic nitrogens is 3. The molecule has 0 aliphatic heterocycles. The van der Waals surface area contributed by atoms with Gasteiger partial charge in [-0.2, -0.15) is 5.10 Å². The molecule has 0 fully saturated rings. The van der Waals surface area contributed by atoms with Crippen LogP contribution in [0.2, 0.25) is 0 Å². The number of aryl methyl sites for hydroxylation is 1. The highest BCUT2D eigenvalue weighted by Crippen LogP contribution is 2.29. The van der Waals surface area contributed by atoms with E-state index in [2.05, 4.69) is 20.3 Å². The zero-order valence-electron chi connectivity index (χ0n) is 15.7. The molecular formula is C19H23N5O2S. The number of nitrogens with zero attached hydrogens (tertiary/aromatic N) is 4. The number of amides is 1. The molecule has 0 spiro atoms. The van der Waals surface area contributed by atoms with E-state index in [4.69, 9.17) is 0 Å². The second-order valence-electron chi connectivity index (χ2n) is 6.62. The predicted molar refractivity (Wildman–Crippen MR) is 108 cm³/mol. The molecule has 8 heteroatoms. The molecule has 142 valence electrons. The summed E-state index contributed by atoms with van der Waals surface area (Å²) in [5.74, 6) is -0.222. The Bertz CT molecular complexity index is 994. The molecule has 0 saturated carbocycles. The summed E-state index contributed by atoms with van der Waals surface area (Å²) in [7, 11) is 3.97. The van der Waals surface area contributed by atoms with Gasteiger partial charge in [-0.3, -0.25) is 9.59 Å². The minimum atomic E-state index is -0.336. The maximum absolute atomic E-state index is 12.7. The van der Waals surface area contributed by atoms with Crippen LogP contribution in [0.1, 0.15) is 12.1 Å². The van der Waals surface area contributed by atoms with Gasteiger partial charge in [0.15, 0.2) is 5.52 Å². The van der Waals surface area contributed by atoms with Crippen LogP contribution >= 0.6 is 11.3 Å². The van der Waals surface area contributed by atoms with Gasteiger partial charge in [0.2, 0.25) is 5.91 Å². The molecular weight excluding hydrogens is 362 g/mol. The van der Waals surface area contributed by atoms with Crippen molar-refractivity contribution in [2.24, 2.45) is 0 Å². The van der Waals surface area contributed by atoms with E-state index in [1.165, 1.54) is 16.0 Å². The molecule has 1 amide bonds. The van der Waals surface area contributed by atoms with Crippen molar-refractivity contribution in [3.05, 3.63) is 46.4 Å². The number of thiazole rings is 1. The Morgan fingerprint density at radius 1 is 1.26 bits per heavy atom. The van der Waals surface area contributed by atoms with Crippen LogP contribution in [0.4, 0.5) is 0 Å². The second-order valence-corrected chi connectivity index (χ2v) is 7.62. The first-order valence-electron chi connectivity index (χ1n) is 8.81. The van der Waals surface area contributed by atoms with Gasteiger partial charge >= 0.3 is 0 Å². The lowest BCUT2D eigenvalue weighted by molar-refractivity contribution is -0.121. The van der Waals surface area contributed by atoms with Crippen LogP contribution in [0, 0.1) is 6.92 Å². The van der Waals surface area contributed by atoms with Crippen molar-refractivity contribution in [2.45, 2.75) is 19.9 Å². The van der Waals surface area contributed by atoms with E-state index in [0.717, 1.165) is 28.2 Å². The summed E-state index contributed by atoms with van der Waals surface area (Å²) in [6, 6.07) is 9.73. The summed E-state index contributed by atoms with van der Waals surface area (Å²) in [5, 5.41) is 7.92. The molecule has 3 rings (SSSR count). The van der Waals surface area contributed by atoms with Gasteiger partial charge in [-0.25, -0.2) is 9.67 Å². The van der Waals surface area contributed by atoms with Gasteiger partial charge in [0.25, 0.3) is 5.56 Å². The number of nitrogens with one attached hydrogen (secondary N) is 1. The Morgan fingerprint density at radius 2 is 2.00 bits per heavy atom. The summed E-state index contributed by atoms with van der Waals surface area (Å²) in [5.41, 5.74) is 1.69. The number of hydrogen-bond acceptors (Lipinski definition) is 6. The van der Waals surface area contributed by atoms with Gasteiger partial charge in [-0.05, 0) is 34.0 Å². The molecule has 7 nitrogen and oxygen atoms in total. The van der Waals surface area contributed by atoms with Crippen molar-refractivity contribution >= 4 is 27.5 Å². The molecule has 2 aromatic heterocycles. The fourth-order valence-electron chi connectivity index (χ4n) is 2.73. The lowest BCUT2D eigenvalue weighted by Gasteiger charge is -2.10. The Hall–Kier alpha value is -2.58. The normalized spacial score (nSPS) is 11.3. The van der Waals surface area contributed by atoms with Gasteiger partial charge in [0.1, 0.15) is 11.6 Å². The van der Waals surface area contributed by atoms with Crippen LogP contribution in [-0.2, 0) is 11.3 Å². The standard InChI is InChI=1S/C19H23N5O2S/c1-13-17-16(21-18(27-17)14-8-5-4-6-9-14)19(26)24(22-13)12-15(25)20-10-7-11-23(2)3/h4-6,8-9H,7,10-12H2,1-3H3,(H,20,25). The van der Waals surface area contributed by atoms with Crippen LogP contribution in [0.25, 0.3) is 20.8 Å². The van der Waals surface area contributed by atoms with Crippen molar-refractivity contribution in [1.82, 2.24) is 25.0 Å². The van der Waals surface area contributed by atoms with Crippen molar-refractivity contribution in [1.29, 1.82) is 0 Å². The molecule has 2 heterocycles. The Balaban J connectivity index is 1.80. The number of fused-ring (bicyclic) bond motifs is 1. The molecule has 0 unspecified atom stereocenters. The second kappa shape index (κ2) is 8.41. The van der Waals surface area contributed by atoms with Crippen LogP contribution in [0.15, 0.2) is 35.1 Å². The molecule has 0 atom stereocenters. The average Bonchev–Trinajstić information content (AvgIpc) is 3.10. The highest BCUT2D eigenvalue weighted by Gasteiger charge is 2.16. The maximum Gasteiger partial charge on any atom is 0.294 e. The third-order valence-corrected chi connectivity index (χ3v) is 5.30. The van der Waals surface area contributed by atoms with Gasteiger partial charge in [-0.1, -0.05) is 30.3 Å². The number of carbonyl (C=O) groups is 1. The third-order valence-electron chi connectivity index (χ3n) is 4.08. The first-order valence-corrected chi connectivity index (χ1v) is 9.62. The van der Waals surface area contributed by atoms with E-state index in [9.17, 15) is 9.59 Å². The van der Waals surface area contributed by atoms with Crippen molar-refractivity contribution in [3.63, 3.8) is 0 Å². The predicted octanol–water partition coefficient (Wildman–Crippen LogP) is 1.90. The molecule has 0 aliphatic carbocycles. The van der Waals surface area contributed by atoms with Crippen LogP contribution in [0.5, 0.6) is 0 Å². The lowest BCUT2D eigenvalue weighted by Crippen LogP contribution is -2.35. The monoisotopic (exact) mass is 385 g/mol. The van der Waals surface area contributed by atoms with Gasteiger partial charge in [0, 0.05) is 12.1 Å². The van der Waals surface area contributed by atoms with Gasteiger partial charge < -0.3 is 10.2 Å². The number of hydrogen-bond donors (Lipinski definition) is 1. The van der Waals surface area contributed by atoms with Crippen molar-refractivity contribution in [3.8, 4) is 10.6 Å². The molecule has 1 aromatic carbocycles. The maximum atomic E-state index is 12.7. The van der Waals surface area contributed by atoms with E-state index in [1.807, 2.05) is 51.4 Å². The average molecular weight is 385 g/mol. The minimum Gasteiger partial charge on any atom is -0.354 e. The number of benzene rings is 1. The number of rotatable bonds is 7. The van der Waals surface area contributed by atoms with E-state index in [0.29, 0.717) is 17.8 Å². The molecule has 1 N–H and O–H groups in total. The molecule has 0 bridgehead atoms. The quantitative estimate of drug-likeness (QED) is 0.629. The third kappa shape index (κ3) is 4.58. The zero-order valence-corrected chi connectivity index (χ0v) is 16.5. The largest absolute Gasteiger partial charge is 0.354 e. The molecule has 0 aliphatic rings. The summed E-state index contributed by atoms with van der Waals surface area (Å²) >= 11 is 1.45. The Labute approximate surface area is 161 Å². The first kappa shape index (κ1) is 19.2. The summed E-state index contributed by atoms with van der Waals surface area (Å²) in [4.78, 5) is 31.5. The number of carbonyl (C=O) groups excluding carboxylic acids is 1. The highest BCUT2D eigenvalue weighted by atomic mass is 32.1. The smallest absolute Gasteiger partial charge is 0.294 e. The summed E-state index contributed by atoms with van der Waals surface area (Å²) in [6.45, 7) is 3.20. The van der Waals surface area contributed by atoms with E-state index in [1.54, 1.807) is 0 Å². The van der Waals surface area contributed by atoms with Crippen LogP contribution < -0.4 is 10.9 Å². The van der Waals surface area contributed by atoms with Crippen LogP contribution in [0.3, 0.4) is 0 Å². The SMILES string of the molecule is Cc1nn(CC(=O)NCCCN(C)C)c(=O)c2nc(-c3ccccc3)sc12. The minimum absolute atomic E-state index is 0.101. The van der Waals surface area contributed by atoms with E-state index >= 15 is 0 Å². The molecule has 3 aromatic rings. The lowest BCUT2D eigenvalue weighted by atomic mass is 10.2. The van der Waals surface area contributed by atoms with Gasteiger partial charge in [-0.15, -0.1) is 11.3 Å². The summed E-state index contributed by atoms with van der Waals surface area (Å²) < 4.78 is 1.97. The Morgan fingerprint density at radius 3 is 2.70 bits per heavy atom. The molecule has 0 radical (unpaired) electrons. The highest BCUT2D eigenvalue weighted by molar-refractivity contribution is 7.21. The van der Waals surface area contributed by atoms with E-state index < -0.39 is 0 Å². The molecule has 0 saturated heterocycles. The topological polar surface area (TPSA) is 80.1 Å². The van der Waals surface area contributed by atoms with Crippen molar-refractivity contribution in [2.75, 3.05) is 27.2 Å². The fraction of sp³-hybridized carbons (Fsp3) is 0.368. The Kier molecular flexibility index (Phi) is 5.98. The zero-order chi connectivity index (χ0) is 19.4. The van der Waals surface area contributed by atoms with Crippen molar-refractivity contribution < 1.29 is 4.79 Å². The summed E-state index contributed by atoms with van der Waals surface area (Å²) in [6.07, 6.45) is 0.853. The van der Waals surface area contributed by atoms with E-state index in [-0.39, 0.29) is 18.0 Å². The fourth-order valence-corrected chi connectivity index (χ4v) is 3.73. The van der Waals surface area contributed by atoms with Gasteiger partial charge in [0.05, 0.1) is 10.4 Å². The molecule has 27 heavy (non-hydrogen) atoms.